The van der Waals surface area contributed by atoms with Crippen LogP contribution in [-0.4, -0.2) is 58.3 Å². The molecule has 0 aliphatic heterocycles. The Hall–Kier alpha value is -5.11. The molecule has 0 saturated heterocycles. The monoisotopic (exact) mass is 1350 g/mol. The number of carboxylic acid groups (broad SMARTS) is 1. The average Bonchev–Trinajstić information content (AvgIpc) is 2.75. The molecule has 0 aliphatic carbocycles. The van der Waals surface area contributed by atoms with Gasteiger partial charge in [0, 0.05) is 21.2 Å². The SMILES string of the molecule is C.C.C.CC(C)(C)C(=O)OCCl.CC(C)(C)C(=O)OCOC(=O)C(Oc1ccc(Cl)cc1-c1nc2ccccc2o1)c1cccc(C(F)(F)F)c1.O=C(O)C(Oc1ccc(Cl)cc1-c1nc2ccccc2o1)c1cccc(C(F)(F)F)c1.O=CO[O-].[H-].[K+].[K+]. The van der Waals surface area contributed by atoms with Gasteiger partial charge in [0.25, 0.3) is 6.47 Å². The van der Waals surface area contributed by atoms with E-state index in [9.17, 15) is 50.6 Å². The van der Waals surface area contributed by atoms with Crippen LogP contribution in [0.25, 0.3) is 45.1 Å². The maximum Gasteiger partial charge on any atom is 1.00 e. The summed E-state index contributed by atoms with van der Waals surface area (Å²) < 4.78 is 117. The third-order valence-electron chi connectivity index (χ3n) is 10.7. The molecule has 6 aromatic carbocycles. The molecule has 0 radical (unpaired) electrons. The first kappa shape index (κ1) is 82.9. The van der Waals surface area contributed by atoms with Crippen molar-refractivity contribution in [2.75, 3.05) is 12.9 Å². The molecule has 466 valence electrons. The molecule has 2 aromatic heterocycles. The van der Waals surface area contributed by atoms with Crippen molar-refractivity contribution < 1.29 is 202 Å². The zero-order valence-corrected chi connectivity index (χ0v) is 54.8. The molecule has 0 amide bonds. The molecular weight excluding hydrogens is 1290 g/mol. The molecule has 8 rings (SSSR count). The van der Waals surface area contributed by atoms with E-state index < -0.39 is 71.2 Å². The Morgan fingerprint density at radius 2 is 0.977 bits per heavy atom. The van der Waals surface area contributed by atoms with Gasteiger partial charge in [0.15, 0.2) is 17.2 Å². The fraction of sp³-hybridized carbons (Fsp3) is 0.283. The summed E-state index contributed by atoms with van der Waals surface area (Å²) in [6, 6.07) is 30.7. The third kappa shape index (κ3) is 24.6. The van der Waals surface area contributed by atoms with E-state index in [-0.39, 0.29) is 191 Å². The Morgan fingerprint density at radius 1 is 0.591 bits per heavy atom. The van der Waals surface area contributed by atoms with Crippen LogP contribution in [0.1, 0.15) is 99.7 Å². The Morgan fingerprint density at radius 3 is 1.33 bits per heavy atom. The Labute approximate surface area is 604 Å². The van der Waals surface area contributed by atoms with Crippen molar-refractivity contribution in [1.82, 2.24) is 9.97 Å². The molecule has 0 bridgehead atoms. The number of esters is 3. The number of benzene rings is 6. The standard InChI is InChI=1S/C28H23ClF3NO6.C22H13ClF3NO4.C6H11ClO2.CH2O3.3CH4.2K.H/c1-27(2,3)26(35)37-15-36-25(34)23(16-7-6-8-17(13-16)28(30,31)32)38-21-12-11-18(29)14-19(21)24-33-20-9-4-5-10-22(20)39-24;23-14-8-9-17(15(11-14)20-27-16-6-1-2-7-18(16)31-20)30-19(21(28)29)12-4-3-5-13(10-12)22(24,25)26;1-6(2,3)5(8)9-4-7;2-1-4-3;;;;;;/h4-14,23H,15H2,1-3H3;1-11,19H,(H,28,29);4H2,1-3H3;1,3H;3*1H4;;;/q;;;;;;;2*+1;-1/p-1. The zero-order valence-electron chi connectivity index (χ0n) is 47.3. The molecule has 0 fully saturated rings. The van der Waals surface area contributed by atoms with E-state index in [2.05, 4.69) is 19.6 Å². The number of fused-ring (bicyclic) bond motifs is 2. The molecular formula is C60H61Cl3F6K2N2O15. The number of para-hydroxylation sites is 4. The first-order chi connectivity index (χ1) is 38.9. The molecule has 28 heteroatoms. The summed E-state index contributed by atoms with van der Waals surface area (Å²) in [4.78, 5) is 67.8. The van der Waals surface area contributed by atoms with Crippen molar-refractivity contribution in [1.29, 1.82) is 0 Å². The van der Waals surface area contributed by atoms with Gasteiger partial charge in [-0.15, -0.1) is 0 Å². The van der Waals surface area contributed by atoms with E-state index in [0.29, 0.717) is 32.2 Å². The number of halogens is 9. The Bertz CT molecular complexity index is 3500. The van der Waals surface area contributed by atoms with Gasteiger partial charge >= 0.3 is 139 Å². The smallest absolute Gasteiger partial charge is 1.00 e. The van der Waals surface area contributed by atoms with Gasteiger partial charge in [-0.2, -0.15) is 26.3 Å². The van der Waals surface area contributed by atoms with Gasteiger partial charge in [0.2, 0.25) is 30.8 Å². The maximum atomic E-state index is 13.4. The van der Waals surface area contributed by atoms with Crippen molar-refractivity contribution in [3.8, 4) is 34.4 Å². The second-order valence-electron chi connectivity index (χ2n) is 19.1. The summed E-state index contributed by atoms with van der Waals surface area (Å²) in [5.74, 6) is -3.12. The van der Waals surface area contributed by atoms with Crippen molar-refractivity contribution >= 4 is 87.4 Å². The van der Waals surface area contributed by atoms with Gasteiger partial charge in [-0.3, -0.25) is 14.4 Å². The van der Waals surface area contributed by atoms with Crippen molar-refractivity contribution in [3.63, 3.8) is 0 Å². The van der Waals surface area contributed by atoms with Crippen LogP contribution in [0.2, 0.25) is 10.0 Å². The maximum absolute atomic E-state index is 13.4. The van der Waals surface area contributed by atoms with E-state index >= 15 is 0 Å². The molecule has 17 nitrogen and oxygen atoms in total. The van der Waals surface area contributed by atoms with Gasteiger partial charge in [-0.25, -0.2) is 19.6 Å². The number of oxazole rings is 2. The molecule has 88 heavy (non-hydrogen) atoms. The van der Waals surface area contributed by atoms with Gasteiger partial charge < -0.3 is 49.2 Å². The fourth-order valence-electron chi connectivity index (χ4n) is 6.74. The van der Waals surface area contributed by atoms with Crippen LogP contribution in [0.5, 0.6) is 11.5 Å². The van der Waals surface area contributed by atoms with Crippen LogP contribution in [0.3, 0.4) is 0 Å². The number of carbonyl (C=O) groups excluding carboxylic acids is 4. The summed E-state index contributed by atoms with van der Waals surface area (Å²) in [6.07, 6.45) is -12.7. The van der Waals surface area contributed by atoms with E-state index in [1.54, 1.807) is 90.1 Å². The largest absolute Gasteiger partial charge is 1.00 e. The number of rotatable bonds is 14. The molecule has 2 heterocycles. The predicted molar refractivity (Wildman–Crippen MR) is 307 cm³/mol. The molecule has 0 aliphatic rings. The number of ether oxygens (including phenoxy) is 5. The predicted octanol–water partition coefficient (Wildman–Crippen LogP) is 9.98. The van der Waals surface area contributed by atoms with Crippen LogP contribution >= 0.6 is 34.8 Å². The number of aliphatic carboxylic acids is 1. The number of aromatic nitrogens is 2. The van der Waals surface area contributed by atoms with E-state index in [4.69, 9.17) is 72.6 Å². The Kier molecular flexibility index (Phi) is 35.1. The van der Waals surface area contributed by atoms with Crippen molar-refractivity contribution in [2.45, 2.75) is 88.4 Å². The summed E-state index contributed by atoms with van der Waals surface area (Å²) in [5.41, 5.74) is -0.962. The molecule has 2 atom stereocenters. The van der Waals surface area contributed by atoms with Gasteiger partial charge in [0.05, 0.1) is 33.1 Å². The molecule has 0 saturated carbocycles. The van der Waals surface area contributed by atoms with Crippen molar-refractivity contribution in [3.05, 3.63) is 166 Å². The molecule has 2 unspecified atom stereocenters. The van der Waals surface area contributed by atoms with Gasteiger partial charge in [0.1, 0.15) is 22.5 Å². The third-order valence-corrected chi connectivity index (χ3v) is 11.3. The summed E-state index contributed by atoms with van der Waals surface area (Å²) in [5, 5.41) is 18.7. The van der Waals surface area contributed by atoms with Crippen molar-refractivity contribution in [2.24, 2.45) is 10.8 Å². The van der Waals surface area contributed by atoms with E-state index in [1.807, 2.05) is 0 Å². The van der Waals surface area contributed by atoms with Crippen LogP contribution in [0, 0.1) is 10.8 Å². The zero-order chi connectivity index (χ0) is 61.5. The normalized spacial score (nSPS) is 11.5. The fourth-order valence-corrected chi connectivity index (χ4v) is 7.19. The number of nitrogens with zero attached hydrogens (tertiary/aromatic N) is 2. The molecule has 8 aromatic rings. The van der Waals surface area contributed by atoms with Crippen LogP contribution in [0.15, 0.2) is 142 Å². The van der Waals surface area contributed by atoms with E-state index in [1.165, 1.54) is 48.5 Å². The molecule has 1 N–H and O–H groups in total. The average molecular weight is 1350 g/mol. The Balaban J connectivity index is 0. The summed E-state index contributed by atoms with van der Waals surface area (Å²) in [6.45, 7) is 9.23. The summed E-state index contributed by atoms with van der Waals surface area (Å²) >= 11 is 17.4. The van der Waals surface area contributed by atoms with E-state index in [0.717, 1.165) is 36.4 Å². The minimum Gasteiger partial charge on any atom is -1.00 e. The first-order valence-electron chi connectivity index (χ1n) is 24.0. The number of carbonyl (C=O) groups is 5. The minimum atomic E-state index is -4.67. The number of hydrogen-bond donors (Lipinski definition) is 1. The number of alkyl halides is 7. The van der Waals surface area contributed by atoms with Gasteiger partial charge in [-0.05, 0) is 126 Å². The number of carboxylic acids is 1. The number of hydrogen-bond acceptors (Lipinski definition) is 16. The first-order valence-corrected chi connectivity index (χ1v) is 25.2. The van der Waals surface area contributed by atoms with Crippen LogP contribution in [-0.2, 0) is 55.4 Å². The summed E-state index contributed by atoms with van der Waals surface area (Å²) in [7, 11) is 0. The second-order valence-corrected chi connectivity index (χ2v) is 20.2. The van der Waals surface area contributed by atoms with Crippen LogP contribution < -0.4 is 118 Å². The second kappa shape index (κ2) is 37.3. The topological polar surface area (TPSA) is 236 Å². The van der Waals surface area contributed by atoms with Gasteiger partial charge in [-0.1, -0.05) is 106 Å². The molecule has 0 spiro atoms. The quantitative estimate of drug-likeness (QED) is 0.0156. The van der Waals surface area contributed by atoms with Crippen LogP contribution in [0.4, 0.5) is 26.3 Å². The minimum absolute atomic E-state index is 0.